The summed E-state index contributed by atoms with van der Waals surface area (Å²) in [7, 11) is -3.60. The summed E-state index contributed by atoms with van der Waals surface area (Å²) in [5.41, 5.74) is 0. The van der Waals surface area contributed by atoms with Crippen molar-refractivity contribution in [3.05, 3.63) is 0 Å². The van der Waals surface area contributed by atoms with E-state index in [0.717, 1.165) is 0 Å². The lowest BCUT2D eigenvalue weighted by Crippen LogP contribution is -2.42. The van der Waals surface area contributed by atoms with Crippen LogP contribution in [0.15, 0.2) is 0 Å². The van der Waals surface area contributed by atoms with Gasteiger partial charge in [-0.25, -0.2) is 8.42 Å². The van der Waals surface area contributed by atoms with Gasteiger partial charge in [-0.05, 0) is 12.8 Å². The second-order valence-electron chi connectivity index (χ2n) is 4.09. The van der Waals surface area contributed by atoms with Crippen molar-refractivity contribution in [1.82, 2.24) is 4.31 Å². The summed E-state index contributed by atoms with van der Waals surface area (Å²) >= 11 is 0. The molecule has 0 aliphatic heterocycles. The van der Waals surface area contributed by atoms with Gasteiger partial charge in [-0.2, -0.15) is 4.31 Å². The summed E-state index contributed by atoms with van der Waals surface area (Å²) < 4.78 is 25.7. The van der Waals surface area contributed by atoms with Gasteiger partial charge >= 0.3 is 5.97 Å². The third-order valence-corrected chi connectivity index (χ3v) is 5.57. The Labute approximate surface area is 102 Å². The van der Waals surface area contributed by atoms with E-state index in [4.69, 9.17) is 11.5 Å². The second kappa shape index (κ2) is 5.52. The average molecular weight is 259 g/mol. The number of carbonyl (C=O) groups is 1. The van der Waals surface area contributed by atoms with E-state index in [1.165, 1.54) is 4.31 Å². The van der Waals surface area contributed by atoms with Crippen LogP contribution >= 0.6 is 0 Å². The van der Waals surface area contributed by atoms with Crippen LogP contribution in [0.25, 0.3) is 0 Å². The van der Waals surface area contributed by atoms with Crippen LogP contribution < -0.4 is 0 Å². The lowest BCUT2D eigenvalue weighted by molar-refractivity contribution is -0.141. The molecule has 0 aromatic rings. The minimum atomic E-state index is -3.60. The Morgan fingerprint density at radius 1 is 1.53 bits per heavy atom. The van der Waals surface area contributed by atoms with E-state index in [2.05, 4.69) is 5.92 Å². The van der Waals surface area contributed by atoms with Gasteiger partial charge in [0.05, 0.1) is 17.7 Å². The number of nitrogens with zero attached hydrogens (tertiary/aromatic N) is 1. The molecule has 1 aliphatic rings. The first-order valence-corrected chi connectivity index (χ1v) is 7.10. The number of rotatable bonds is 5. The molecule has 1 N–H and O–H groups in total. The Morgan fingerprint density at radius 3 is 2.65 bits per heavy atom. The fraction of sp³-hybridized carbons (Fsp3) is 0.727. The standard InChI is InChI=1S/C11H17NO4S/c1-3-8-12(4-2)17(15,16)10-7-5-6-9(10)11(13)14/h1,9-10H,4-8H2,2H3,(H,13,14). The largest absolute Gasteiger partial charge is 0.481 e. The fourth-order valence-corrected chi connectivity index (χ4v) is 4.37. The van der Waals surface area contributed by atoms with Crippen molar-refractivity contribution in [3.63, 3.8) is 0 Å². The van der Waals surface area contributed by atoms with Crippen molar-refractivity contribution >= 4 is 16.0 Å². The molecule has 0 saturated heterocycles. The zero-order chi connectivity index (χ0) is 13.1. The number of sulfonamides is 1. The number of carboxylic acid groups (broad SMARTS) is 1. The van der Waals surface area contributed by atoms with Crippen molar-refractivity contribution in [2.24, 2.45) is 5.92 Å². The van der Waals surface area contributed by atoms with E-state index in [0.29, 0.717) is 19.3 Å². The van der Waals surface area contributed by atoms with Crippen molar-refractivity contribution in [2.75, 3.05) is 13.1 Å². The highest BCUT2D eigenvalue weighted by Gasteiger charge is 2.43. The van der Waals surface area contributed by atoms with E-state index in [9.17, 15) is 13.2 Å². The minimum absolute atomic E-state index is 0.00166. The molecule has 2 unspecified atom stereocenters. The molecule has 0 aromatic heterocycles. The molecule has 0 aromatic carbocycles. The molecule has 0 radical (unpaired) electrons. The maximum Gasteiger partial charge on any atom is 0.307 e. The van der Waals surface area contributed by atoms with Gasteiger partial charge in [0, 0.05) is 6.54 Å². The monoisotopic (exact) mass is 259 g/mol. The first-order valence-electron chi connectivity index (χ1n) is 5.60. The molecule has 0 heterocycles. The Kier molecular flexibility index (Phi) is 4.54. The summed E-state index contributed by atoms with van der Waals surface area (Å²) in [6.07, 6.45) is 6.58. The quantitative estimate of drug-likeness (QED) is 0.731. The Bertz CT molecular complexity index is 423. The van der Waals surface area contributed by atoms with Gasteiger partial charge in [-0.15, -0.1) is 6.42 Å². The van der Waals surface area contributed by atoms with Gasteiger partial charge in [-0.3, -0.25) is 4.79 Å². The number of terminal acetylenes is 1. The van der Waals surface area contributed by atoms with Crippen molar-refractivity contribution < 1.29 is 18.3 Å². The third-order valence-electron chi connectivity index (χ3n) is 3.13. The van der Waals surface area contributed by atoms with E-state index >= 15 is 0 Å². The summed E-state index contributed by atoms with van der Waals surface area (Å²) in [6, 6.07) is 0. The highest BCUT2D eigenvalue weighted by molar-refractivity contribution is 7.89. The second-order valence-corrected chi connectivity index (χ2v) is 6.24. The first kappa shape index (κ1) is 14.0. The van der Waals surface area contributed by atoms with Crippen LogP contribution in [0.4, 0.5) is 0 Å². The maximum atomic E-state index is 12.2. The zero-order valence-electron chi connectivity index (χ0n) is 9.80. The molecule has 2 atom stereocenters. The molecule has 6 heteroatoms. The Balaban J connectivity index is 2.97. The fourth-order valence-electron chi connectivity index (χ4n) is 2.24. The maximum absolute atomic E-state index is 12.2. The van der Waals surface area contributed by atoms with Gasteiger partial charge in [-0.1, -0.05) is 19.3 Å². The predicted molar refractivity (Wildman–Crippen MR) is 63.8 cm³/mol. The van der Waals surface area contributed by atoms with Gasteiger partial charge in [0.2, 0.25) is 10.0 Å². The van der Waals surface area contributed by atoms with Crippen LogP contribution in [0.5, 0.6) is 0 Å². The third kappa shape index (κ3) is 2.79. The molecule has 0 amide bonds. The molecule has 0 bridgehead atoms. The molecule has 1 saturated carbocycles. The zero-order valence-corrected chi connectivity index (χ0v) is 10.6. The van der Waals surface area contributed by atoms with Crippen LogP contribution in [-0.4, -0.2) is 42.1 Å². The normalized spacial score (nSPS) is 24.8. The van der Waals surface area contributed by atoms with Gasteiger partial charge in [0.1, 0.15) is 0 Å². The van der Waals surface area contributed by atoms with Gasteiger partial charge in [0.15, 0.2) is 0 Å². The average Bonchev–Trinajstić information content (AvgIpc) is 2.74. The molecular weight excluding hydrogens is 242 g/mol. The number of carboxylic acids is 1. The van der Waals surface area contributed by atoms with Crippen molar-refractivity contribution in [1.29, 1.82) is 0 Å². The molecule has 96 valence electrons. The molecule has 1 aliphatic carbocycles. The predicted octanol–water partition coefficient (Wildman–Crippen LogP) is 0.525. The molecule has 5 nitrogen and oxygen atoms in total. The van der Waals surface area contributed by atoms with Crippen LogP contribution in [-0.2, 0) is 14.8 Å². The van der Waals surface area contributed by atoms with Crippen LogP contribution in [0, 0.1) is 18.3 Å². The van der Waals surface area contributed by atoms with E-state index in [1.54, 1.807) is 6.92 Å². The molecule has 1 rings (SSSR count). The Hall–Kier alpha value is -1.06. The van der Waals surface area contributed by atoms with Crippen LogP contribution in [0.3, 0.4) is 0 Å². The summed E-state index contributed by atoms with van der Waals surface area (Å²) in [5, 5.41) is 8.18. The molecular formula is C11H17NO4S. The highest BCUT2D eigenvalue weighted by Crippen LogP contribution is 2.32. The van der Waals surface area contributed by atoms with E-state index in [1.807, 2.05) is 0 Å². The summed E-state index contributed by atoms with van der Waals surface area (Å²) in [4.78, 5) is 11.0. The number of hydrogen-bond acceptors (Lipinski definition) is 3. The van der Waals surface area contributed by atoms with Gasteiger partial charge in [0.25, 0.3) is 0 Å². The molecule has 1 fully saturated rings. The SMILES string of the molecule is C#CCN(CC)S(=O)(=O)C1CCCC1C(=O)O. The van der Waals surface area contributed by atoms with Crippen LogP contribution in [0.2, 0.25) is 0 Å². The lowest BCUT2D eigenvalue weighted by atomic mass is 10.1. The van der Waals surface area contributed by atoms with Crippen LogP contribution in [0.1, 0.15) is 26.2 Å². The summed E-state index contributed by atoms with van der Waals surface area (Å²) in [5.74, 6) is 0.458. The molecule has 0 spiro atoms. The Morgan fingerprint density at radius 2 is 2.18 bits per heavy atom. The van der Waals surface area contributed by atoms with Gasteiger partial charge < -0.3 is 5.11 Å². The lowest BCUT2D eigenvalue weighted by Gasteiger charge is -2.24. The first-order chi connectivity index (χ1) is 7.95. The van der Waals surface area contributed by atoms with Crippen molar-refractivity contribution in [3.8, 4) is 12.3 Å². The minimum Gasteiger partial charge on any atom is -0.481 e. The van der Waals surface area contributed by atoms with Crippen molar-refractivity contribution in [2.45, 2.75) is 31.4 Å². The summed E-state index contributed by atoms with van der Waals surface area (Å²) in [6.45, 7) is 1.97. The number of aliphatic carboxylic acids is 1. The highest BCUT2D eigenvalue weighted by atomic mass is 32.2. The van der Waals surface area contributed by atoms with E-state index < -0.39 is 27.2 Å². The van der Waals surface area contributed by atoms with E-state index in [-0.39, 0.29) is 13.1 Å². The number of hydrogen-bond donors (Lipinski definition) is 1. The molecule has 17 heavy (non-hydrogen) atoms. The topological polar surface area (TPSA) is 74.7 Å². The smallest absolute Gasteiger partial charge is 0.307 e.